The zero-order valence-electron chi connectivity index (χ0n) is 14.8. The van der Waals surface area contributed by atoms with Gasteiger partial charge >= 0.3 is 0 Å². The van der Waals surface area contributed by atoms with Gasteiger partial charge in [-0.3, -0.25) is 4.57 Å². The number of rotatable bonds is 5. The van der Waals surface area contributed by atoms with Crippen LogP contribution in [0.5, 0.6) is 11.5 Å². The van der Waals surface area contributed by atoms with Crippen molar-refractivity contribution < 1.29 is 30.3 Å². The highest BCUT2D eigenvalue weighted by Crippen LogP contribution is 2.33. The van der Waals surface area contributed by atoms with Gasteiger partial charge in [0.15, 0.2) is 23.2 Å². The number of phenols is 2. The van der Waals surface area contributed by atoms with E-state index in [0.717, 1.165) is 0 Å². The van der Waals surface area contributed by atoms with E-state index in [4.69, 9.17) is 4.74 Å². The molecule has 0 amide bonds. The van der Waals surface area contributed by atoms with Crippen LogP contribution >= 0.6 is 22.6 Å². The Morgan fingerprint density at radius 1 is 1.10 bits per heavy atom. The molecule has 1 aliphatic heterocycles. The first-order valence-electron chi connectivity index (χ1n) is 8.65. The molecule has 4 rings (SSSR count). The average molecular weight is 515 g/mol. The van der Waals surface area contributed by atoms with E-state index < -0.39 is 31.1 Å². The van der Waals surface area contributed by atoms with Crippen molar-refractivity contribution in [3.8, 4) is 11.5 Å². The number of hydrogen-bond donors (Lipinski definition) is 6. The minimum Gasteiger partial charge on any atom is -0.507 e. The highest BCUT2D eigenvalue weighted by molar-refractivity contribution is 14.1. The molecule has 3 aromatic rings. The predicted octanol–water partition coefficient (Wildman–Crippen LogP) is 0.0657. The second-order valence-corrected chi connectivity index (χ2v) is 7.80. The van der Waals surface area contributed by atoms with Crippen LogP contribution in [0.25, 0.3) is 11.2 Å². The van der Waals surface area contributed by atoms with Gasteiger partial charge in [-0.25, -0.2) is 15.0 Å². The molecule has 3 heterocycles. The van der Waals surface area contributed by atoms with E-state index in [1.54, 1.807) is 0 Å². The minimum atomic E-state index is -1.27. The number of aromatic hydroxyl groups is 2. The summed E-state index contributed by atoms with van der Waals surface area (Å²) in [6.45, 7) is -0.354. The van der Waals surface area contributed by atoms with E-state index in [0.29, 0.717) is 26.1 Å². The molecule has 0 spiro atoms. The third kappa shape index (κ3) is 3.57. The molecule has 0 radical (unpaired) electrons. The molecule has 1 unspecified atom stereocenters. The zero-order chi connectivity index (χ0) is 20.7. The van der Waals surface area contributed by atoms with Crippen LogP contribution in [-0.4, -0.2) is 70.0 Å². The lowest BCUT2D eigenvalue weighted by Crippen LogP contribution is -2.33. The van der Waals surface area contributed by atoms with Crippen LogP contribution in [0.1, 0.15) is 11.8 Å². The van der Waals surface area contributed by atoms with Gasteiger partial charge in [0.05, 0.1) is 18.5 Å². The lowest BCUT2D eigenvalue weighted by Gasteiger charge is -2.16. The van der Waals surface area contributed by atoms with Crippen molar-refractivity contribution >= 4 is 39.6 Å². The molecule has 6 N–H and O–H groups in total. The molecule has 29 heavy (non-hydrogen) atoms. The number of imidazole rings is 1. The summed E-state index contributed by atoms with van der Waals surface area (Å²) in [6.07, 6.45) is -1.72. The van der Waals surface area contributed by atoms with E-state index in [1.807, 2.05) is 22.6 Å². The number of nitrogens with zero attached hydrogens (tertiary/aromatic N) is 4. The van der Waals surface area contributed by atoms with Gasteiger partial charge in [-0.15, -0.1) is 0 Å². The van der Waals surface area contributed by atoms with Crippen molar-refractivity contribution in [3.63, 3.8) is 0 Å². The zero-order valence-corrected chi connectivity index (χ0v) is 17.0. The fourth-order valence-corrected chi connectivity index (χ4v) is 3.83. The van der Waals surface area contributed by atoms with Crippen LogP contribution in [0.4, 0.5) is 5.82 Å². The Balaban J connectivity index is 1.62. The molecular formula is C17H18IN5O6. The molecule has 154 valence electrons. The molecule has 11 nitrogen and oxygen atoms in total. The molecule has 0 aliphatic carbocycles. The van der Waals surface area contributed by atoms with E-state index in [9.17, 15) is 25.5 Å². The van der Waals surface area contributed by atoms with Crippen LogP contribution in [0.2, 0.25) is 0 Å². The first-order valence-corrected chi connectivity index (χ1v) is 9.72. The SMILES string of the molecule is OC[C@H]1OC(n2cnc3c(NCc4c(O)cc(I)cc4O)ncnc32)[C@H](O)[C@@H]1O. The Morgan fingerprint density at radius 3 is 2.48 bits per heavy atom. The van der Waals surface area contributed by atoms with Gasteiger partial charge in [-0.1, -0.05) is 0 Å². The van der Waals surface area contributed by atoms with Gasteiger partial charge < -0.3 is 35.6 Å². The maximum atomic E-state index is 10.2. The summed E-state index contributed by atoms with van der Waals surface area (Å²) in [5.41, 5.74) is 1.02. The molecule has 0 bridgehead atoms. The Morgan fingerprint density at radius 2 is 1.83 bits per heavy atom. The average Bonchev–Trinajstić information content (AvgIpc) is 3.23. The summed E-state index contributed by atoms with van der Waals surface area (Å²) >= 11 is 1.99. The van der Waals surface area contributed by atoms with Crippen LogP contribution < -0.4 is 5.32 Å². The quantitative estimate of drug-likeness (QED) is 0.256. The molecule has 1 aromatic carbocycles. The minimum absolute atomic E-state index is 0.0516. The molecule has 1 saturated heterocycles. The fraction of sp³-hybridized carbons (Fsp3) is 0.353. The van der Waals surface area contributed by atoms with E-state index >= 15 is 0 Å². The number of ether oxygens (including phenoxy) is 1. The number of benzene rings is 1. The van der Waals surface area contributed by atoms with Gasteiger partial charge in [-0.05, 0) is 34.7 Å². The maximum absolute atomic E-state index is 10.2. The Kier molecular flexibility index (Phi) is 5.44. The van der Waals surface area contributed by atoms with Gasteiger partial charge in [0, 0.05) is 10.1 Å². The molecule has 2 aromatic heterocycles. The molecule has 4 atom stereocenters. The summed E-state index contributed by atoms with van der Waals surface area (Å²) in [7, 11) is 0. The second-order valence-electron chi connectivity index (χ2n) is 6.55. The fourth-order valence-electron chi connectivity index (χ4n) is 3.24. The van der Waals surface area contributed by atoms with Crippen LogP contribution in [0.3, 0.4) is 0 Å². The molecule has 0 saturated carbocycles. The summed E-state index contributed by atoms with van der Waals surface area (Å²) in [5, 5.41) is 52.6. The normalized spacial score (nSPS) is 24.3. The third-order valence-electron chi connectivity index (χ3n) is 4.75. The molecule has 12 heteroatoms. The monoisotopic (exact) mass is 515 g/mol. The Bertz CT molecular complexity index is 1020. The van der Waals surface area contributed by atoms with Gasteiger partial charge in [0.25, 0.3) is 0 Å². The van der Waals surface area contributed by atoms with Crippen molar-refractivity contribution in [2.45, 2.75) is 31.1 Å². The first-order chi connectivity index (χ1) is 13.9. The molecule has 1 aliphatic rings. The standard InChI is InChI=1S/C17H18IN5O6/c18-7-1-9(25)8(10(26)2-7)3-19-15-12-16(21-5-20-15)23(6-22-12)17-14(28)13(27)11(4-24)29-17/h1-2,5-6,11,13-14,17,24-28H,3-4H2,(H,19,20,21)/t11-,13-,14-,17?/m1/s1. The van der Waals surface area contributed by atoms with Crippen molar-refractivity contribution in [1.82, 2.24) is 19.5 Å². The van der Waals surface area contributed by atoms with Crippen molar-refractivity contribution in [2.75, 3.05) is 11.9 Å². The number of aliphatic hydroxyl groups excluding tert-OH is 3. The summed E-state index contributed by atoms with van der Waals surface area (Å²) in [4.78, 5) is 12.6. The van der Waals surface area contributed by atoms with Crippen LogP contribution in [-0.2, 0) is 11.3 Å². The van der Waals surface area contributed by atoms with Crippen molar-refractivity contribution in [1.29, 1.82) is 0 Å². The van der Waals surface area contributed by atoms with Gasteiger partial charge in [0.2, 0.25) is 0 Å². The Hall–Kier alpha value is -2.26. The molecular weight excluding hydrogens is 497 g/mol. The number of hydrogen-bond acceptors (Lipinski definition) is 10. The van der Waals surface area contributed by atoms with E-state index in [1.165, 1.54) is 29.4 Å². The number of nitrogens with one attached hydrogen (secondary N) is 1. The number of anilines is 1. The number of aromatic nitrogens is 4. The lowest BCUT2D eigenvalue weighted by molar-refractivity contribution is -0.0511. The first kappa shape index (κ1) is 20.0. The third-order valence-corrected chi connectivity index (χ3v) is 5.37. The summed E-state index contributed by atoms with van der Waals surface area (Å²) in [5.74, 6) is 0.242. The smallest absolute Gasteiger partial charge is 0.167 e. The lowest BCUT2D eigenvalue weighted by atomic mass is 10.1. The second kappa shape index (κ2) is 7.87. The number of halogens is 1. The number of phenolic OH excluding ortho intramolecular Hbond substituents is 2. The summed E-state index contributed by atoms with van der Waals surface area (Å²) in [6, 6.07) is 3.06. The number of aliphatic hydroxyl groups is 3. The molecule has 1 fully saturated rings. The van der Waals surface area contributed by atoms with Crippen molar-refractivity contribution in [3.05, 3.63) is 33.9 Å². The summed E-state index contributed by atoms with van der Waals surface area (Å²) < 4.78 is 7.67. The maximum Gasteiger partial charge on any atom is 0.167 e. The van der Waals surface area contributed by atoms with Gasteiger partial charge in [-0.2, -0.15) is 0 Å². The number of fused-ring (bicyclic) bond motifs is 1. The Labute approximate surface area is 177 Å². The predicted molar refractivity (Wildman–Crippen MR) is 108 cm³/mol. The van der Waals surface area contributed by atoms with E-state index in [2.05, 4.69) is 20.3 Å². The van der Waals surface area contributed by atoms with Gasteiger partial charge in [0.1, 0.15) is 36.1 Å². The van der Waals surface area contributed by atoms with E-state index in [-0.39, 0.29) is 18.0 Å². The highest BCUT2D eigenvalue weighted by atomic mass is 127. The topological polar surface area (TPSA) is 166 Å². The largest absolute Gasteiger partial charge is 0.507 e. The van der Waals surface area contributed by atoms with Crippen LogP contribution in [0, 0.1) is 3.57 Å². The van der Waals surface area contributed by atoms with Crippen LogP contribution in [0.15, 0.2) is 24.8 Å². The van der Waals surface area contributed by atoms with Crippen molar-refractivity contribution in [2.24, 2.45) is 0 Å². The highest BCUT2D eigenvalue weighted by Gasteiger charge is 2.44.